The molecule has 0 spiro atoms. The molecule has 0 atom stereocenters. The minimum Gasteiger partial charge on any atom is -0.395 e. The summed E-state index contributed by atoms with van der Waals surface area (Å²) in [5, 5.41) is 13.8. The highest BCUT2D eigenvalue weighted by Crippen LogP contribution is 2.17. The molecule has 0 aromatic heterocycles. The highest BCUT2D eigenvalue weighted by Gasteiger charge is 2.15. The van der Waals surface area contributed by atoms with Gasteiger partial charge in [0.2, 0.25) is 5.91 Å². The smallest absolute Gasteiger partial charge is 0.321 e. The Labute approximate surface area is 143 Å². The number of carbonyl (C=O) groups is 2. The van der Waals surface area contributed by atoms with E-state index >= 15 is 0 Å². The Kier molecular flexibility index (Phi) is 8.75. The molecule has 1 aromatic rings. The molecule has 6 nitrogen and oxygen atoms in total. The average Bonchev–Trinajstić information content (AvgIpc) is 2.49. The molecule has 1 rings (SSSR count). The monoisotopic (exact) mass is 389 g/mol. The van der Waals surface area contributed by atoms with E-state index in [9.17, 15) is 14.0 Å². The third-order valence-corrected chi connectivity index (χ3v) is 3.47. The Bertz CT molecular complexity index is 543. The summed E-state index contributed by atoms with van der Waals surface area (Å²) >= 11 is 3.27. The fourth-order valence-corrected chi connectivity index (χ4v) is 2.32. The van der Waals surface area contributed by atoms with Crippen LogP contribution >= 0.6 is 15.9 Å². The van der Waals surface area contributed by atoms with Crippen LogP contribution < -0.4 is 10.6 Å². The largest absolute Gasteiger partial charge is 0.395 e. The number of hydrogen-bond donors (Lipinski definition) is 3. The molecule has 1 aromatic carbocycles. The number of halogens is 2. The number of aliphatic hydroxyl groups is 1. The van der Waals surface area contributed by atoms with Gasteiger partial charge in [0.25, 0.3) is 0 Å². The second-order valence-electron chi connectivity index (χ2n) is 4.97. The molecular weight excluding hydrogens is 369 g/mol. The van der Waals surface area contributed by atoms with Crippen LogP contribution in [0, 0.1) is 5.82 Å². The fourth-order valence-electron chi connectivity index (χ4n) is 1.91. The quantitative estimate of drug-likeness (QED) is 0.630. The first-order valence-corrected chi connectivity index (χ1v) is 8.10. The van der Waals surface area contributed by atoms with Crippen molar-refractivity contribution < 1.29 is 19.1 Å². The molecule has 128 valence electrons. The summed E-state index contributed by atoms with van der Waals surface area (Å²) in [5.41, 5.74) is 0.399. The van der Waals surface area contributed by atoms with E-state index in [1.807, 2.05) is 6.92 Å². The van der Waals surface area contributed by atoms with Gasteiger partial charge in [0.05, 0.1) is 13.2 Å². The maximum absolute atomic E-state index is 13.8. The molecule has 23 heavy (non-hydrogen) atoms. The van der Waals surface area contributed by atoms with Crippen molar-refractivity contribution >= 4 is 27.9 Å². The van der Waals surface area contributed by atoms with Crippen LogP contribution in [0.5, 0.6) is 0 Å². The van der Waals surface area contributed by atoms with E-state index in [-0.39, 0.29) is 26.2 Å². The third-order valence-electron chi connectivity index (χ3n) is 2.97. The number of imide groups is 1. The topological polar surface area (TPSA) is 81.7 Å². The number of nitrogens with zero attached hydrogens (tertiary/aromatic N) is 1. The molecule has 3 N–H and O–H groups in total. The van der Waals surface area contributed by atoms with Gasteiger partial charge in [-0.2, -0.15) is 0 Å². The van der Waals surface area contributed by atoms with E-state index in [0.717, 1.165) is 10.9 Å². The molecule has 0 saturated heterocycles. The summed E-state index contributed by atoms with van der Waals surface area (Å²) in [6, 6.07) is 3.97. The van der Waals surface area contributed by atoms with Crippen LogP contribution in [-0.2, 0) is 11.3 Å². The Morgan fingerprint density at radius 2 is 2.13 bits per heavy atom. The van der Waals surface area contributed by atoms with E-state index in [2.05, 4.69) is 26.6 Å². The molecule has 0 aliphatic heterocycles. The summed E-state index contributed by atoms with van der Waals surface area (Å²) in [6.07, 6.45) is 0.764. The molecule has 0 bridgehead atoms. The van der Waals surface area contributed by atoms with Crippen molar-refractivity contribution in [1.82, 2.24) is 15.5 Å². The van der Waals surface area contributed by atoms with Gasteiger partial charge in [-0.15, -0.1) is 0 Å². The van der Waals surface area contributed by atoms with Crippen molar-refractivity contribution in [2.75, 3.05) is 26.2 Å². The number of nitrogens with one attached hydrogen (secondary N) is 2. The highest BCUT2D eigenvalue weighted by molar-refractivity contribution is 9.10. The maximum atomic E-state index is 13.8. The Hall–Kier alpha value is -1.51. The van der Waals surface area contributed by atoms with Crippen LogP contribution in [-0.4, -0.2) is 48.2 Å². The van der Waals surface area contributed by atoms with Gasteiger partial charge in [0.15, 0.2) is 0 Å². The van der Waals surface area contributed by atoms with Crippen molar-refractivity contribution in [3.05, 3.63) is 34.1 Å². The lowest BCUT2D eigenvalue weighted by atomic mass is 10.2. The number of aliphatic hydroxyl groups excluding tert-OH is 1. The molecule has 0 saturated carbocycles. The van der Waals surface area contributed by atoms with Crippen LogP contribution in [0.15, 0.2) is 22.7 Å². The maximum Gasteiger partial charge on any atom is 0.321 e. The predicted molar refractivity (Wildman–Crippen MR) is 88.3 cm³/mol. The molecule has 0 fully saturated rings. The summed E-state index contributed by atoms with van der Waals surface area (Å²) in [7, 11) is 0. The van der Waals surface area contributed by atoms with Crippen molar-refractivity contribution in [1.29, 1.82) is 0 Å². The van der Waals surface area contributed by atoms with Crippen molar-refractivity contribution in [2.24, 2.45) is 0 Å². The average molecular weight is 390 g/mol. The van der Waals surface area contributed by atoms with Crippen molar-refractivity contribution in [3.8, 4) is 0 Å². The molecule has 0 heterocycles. The lowest BCUT2D eigenvalue weighted by Gasteiger charge is -2.21. The van der Waals surface area contributed by atoms with Crippen LogP contribution in [0.2, 0.25) is 0 Å². The first-order chi connectivity index (χ1) is 11.0. The van der Waals surface area contributed by atoms with Crippen LogP contribution in [0.25, 0.3) is 0 Å². The van der Waals surface area contributed by atoms with E-state index in [4.69, 9.17) is 5.11 Å². The van der Waals surface area contributed by atoms with Gasteiger partial charge < -0.3 is 10.4 Å². The van der Waals surface area contributed by atoms with E-state index in [0.29, 0.717) is 12.1 Å². The zero-order chi connectivity index (χ0) is 17.2. The van der Waals surface area contributed by atoms with Gasteiger partial charge in [-0.25, -0.2) is 9.18 Å². The van der Waals surface area contributed by atoms with Gasteiger partial charge in [-0.3, -0.25) is 15.0 Å². The van der Waals surface area contributed by atoms with Gasteiger partial charge >= 0.3 is 6.03 Å². The lowest BCUT2D eigenvalue weighted by Crippen LogP contribution is -2.45. The zero-order valence-corrected chi connectivity index (χ0v) is 14.5. The lowest BCUT2D eigenvalue weighted by molar-refractivity contribution is -0.121. The molecule has 0 unspecified atom stereocenters. The fraction of sp³-hybridized carbons (Fsp3) is 0.467. The first-order valence-electron chi connectivity index (χ1n) is 7.31. The third kappa shape index (κ3) is 7.54. The van der Waals surface area contributed by atoms with Gasteiger partial charge in [0.1, 0.15) is 5.82 Å². The molecule has 3 amide bonds. The van der Waals surface area contributed by atoms with E-state index < -0.39 is 17.8 Å². The number of carbonyl (C=O) groups excluding carboxylic acids is 2. The second kappa shape index (κ2) is 10.3. The number of urea groups is 1. The number of amides is 3. The first kappa shape index (κ1) is 19.5. The summed E-state index contributed by atoms with van der Waals surface area (Å²) in [5.74, 6) is -0.903. The number of rotatable bonds is 8. The summed E-state index contributed by atoms with van der Waals surface area (Å²) in [6.45, 7) is 2.42. The number of hydrogen-bond acceptors (Lipinski definition) is 4. The minimum atomic E-state index is -0.561. The van der Waals surface area contributed by atoms with E-state index in [1.165, 1.54) is 6.07 Å². The van der Waals surface area contributed by atoms with Crippen LogP contribution in [0.3, 0.4) is 0 Å². The van der Waals surface area contributed by atoms with Crippen LogP contribution in [0.4, 0.5) is 9.18 Å². The van der Waals surface area contributed by atoms with Gasteiger partial charge in [0, 0.05) is 29.7 Å². The zero-order valence-electron chi connectivity index (χ0n) is 12.9. The standard InChI is InChI=1S/C15H21BrFN3O3/c1-2-5-18-15(23)19-14(22)10-20(6-7-21)9-11-8-12(16)3-4-13(11)17/h3-4,8,21H,2,5-7,9-10H2,1H3,(H2,18,19,22,23). The molecule has 8 heteroatoms. The predicted octanol–water partition coefficient (Wildman–Crippen LogP) is 1.62. The molecule has 0 aliphatic carbocycles. The summed E-state index contributed by atoms with van der Waals surface area (Å²) < 4.78 is 14.5. The van der Waals surface area contributed by atoms with Crippen LogP contribution in [0.1, 0.15) is 18.9 Å². The second-order valence-corrected chi connectivity index (χ2v) is 5.89. The SMILES string of the molecule is CCCNC(=O)NC(=O)CN(CCO)Cc1cc(Br)ccc1F. The van der Waals surface area contributed by atoms with Crippen molar-refractivity contribution in [3.63, 3.8) is 0 Å². The van der Waals surface area contributed by atoms with Gasteiger partial charge in [-0.05, 0) is 24.6 Å². The number of benzene rings is 1. The van der Waals surface area contributed by atoms with Crippen molar-refractivity contribution in [2.45, 2.75) is 19.9 Å². The van der Waals surface area contributed by atoms with Gasteiger partial charge in [-0.1, -0.05) is 22.9 Å². The highest BCUT2D eigenvalue weighted by atomic mass is 79.9. The Balaban J connectivity index is 2.62. The molecule has 0 aliphatic rings. The summed E-state index contributed by atoms with van der Waals surface area (Å²) in [4.78, 5) is 24.8. The minimum absolute atomic E-state index is 0.119. The Morgan fingerprint density at radius 1 is 1.39 bits per heavy atom. The molecule has 0 radical (unpaired) electrons. The molecular formula is C15H21BrFN3O3. The Morgan fingerprint density at radius 3 is 2.78 bits per heavy atom. The van der Waals surface area contributed by atoms with E-state index in [1.54, 1.807) is 17.0 Å². The normalized spacial score (nSPS) is 10.7.